The molecule has 3 aromatic carbocycles. The van der Waals surface area contributed by atoms with Crippen LogP contribution in [0.5, 0.6) is 17.2 Å². The molecule has 0 radical (unpaired) electrons. The smallest absolute Gasteiger partial charge is 0.264 e. The van der Waals surface area contributed by atoms with Gasteiger partial charge < -0.3 is 19.5 Å². The number of rotatable bonds is 11. The molecule has 3 rings (SSSR count). The van der Waals surface area contributed by atoms with Crippen molar-refractivity contribution >= 4 is 33.2 Å². The summed E-state index contributed by atoms with van der Waals surface area (Å²) in [5, 5.41) is 3.28. The highest BCUT2D eigenvalue weighted by atomic mass is 35.5. The summed E-state index contributed by atoms with van der Waals surface area (Å²) in [6.45, 7) is -0.0106. The molecular formula is C24H25ClN2O6S. The predicted molar refractivity (Wildman–Crippen MR) is 130 cm³/mol. The molecule has 0 aliphatic rings. The number of carbonyl (C=O) groups is 1. The standard InChI is InChI=1S/C24H25ClN2O6S/c1-31-22-13-12-21(16-23(22)32-2)34(29,30)27(19-6-4-3-5-7-19)17-24(28)26-14-15-33-20-10-8-18(25)9-11-20/h3-13,16H,14-15,17H2,1-2H3,(H,26,28). The second-order valence-corrected chi connectivity index (χ2v) is 9.32. The van der Waals surface area contributed by atoms with Crippen LogP contribution < -0.4 is 23.8 Å². The maximum atomic E-state index is 13.5. The number of hydrogen-bond acceptors (Lipinski definition) is 6. The first-order valence-electron chi connectivity index (χ1n) is 10.3. The lowest BCUT2D eigenvalue weighted by atomic mass is 10.3. The summed E-state index contributed by atoms with van der Waals surface area (Å²) >= 11 is 5.85. The van der Waals surface area contributed by atoms with E-state index in [0.717, 1.165) is 4.31 Å². The van der Waals surface area contributed by atoms with Gasteiger partial charge in [0.2, 0.25) is 5.91 Å². The number of halogens is 1. The van der Waals surface area contributed by atoms with Gasteiger partial charge in [0.25, 0.3) is 10.0 Å². The van der Waals surface area contributed by atoms with Gasteiger partial charge in [-0.15, -0.1) is 0 Å². The minimum atomic E-state index is -4.09. The maximum absolute atomic E-state index is 13.5. The molecule has 0 bridgehead atoms. The van der Waals surface area contributed by atoms with E-state index in [0.29, 0.717) is 22.2 Å². The number of para-hydroxylation sites is 1. The van der Waals surface area contributed by atoms with Crippen LogP contribution in [0, 0.1) is 0 Å². The fraction of sp³-hybridized carbons (Fsp3) is 0.208. The quantitative estimate of drug-likeness (QED) is 0.400. The zero-order valence-corrected chi connectivity index (χ0v) is 20.3. The number of ether oxygens (including phenoxy) is 3. The van der Waals surface area contributed by atoms with Crippen LogP contribution in [-0.4, -0.2) is 48.2 Å². The van der Waals surface area contributed by atoms with Crippen molar-refractivity contribution in [1.29, 1.82) is 0 Å². The van der Waals surface area contributed by atoms with Gasteiger partial charge in [0.1, 0.15) is 18.9 Å². The summed E-state index contributed by atoms with van der Waals surface area (Å²) in [6.07, 6.45) is 0. The Morgan fingerprint density at radius 3 is 2.26 bits per heavy atom. The van der Waals surface area contributed by atoms with Crippen LogP contribution in [0.3, 0.4) is 0 Å². The molecule has 0 unspecified atom stereocenters. The van der Waals surface area contributed by atoms with Crippen LogP contribution in [0.4, 0.5) is 5.69 Å². The highest BCUT2D eigenvalue weighted by Gasteiger charge is 2.28. The van der Waals surface area contributed by atoms with Gasteiger partial charge in [-0.1, -0.05) is 29.8 Å². The topological polar surface area (TPSA) is 94.2 Å². The number of methoxy groups -OCH3 is 2. The molecule has 0 fully saturated rings. The second-order valence-electron chi connectivity index (χ2n) is 7.02. The molecule has 0 aliphatic heterocycles. The summed E-state index contributed by atoms with van der Waals surface area (Å²) in [7, 11) is -1.21. The molecule has 3 aromatic rings. The number of benzene rings is 3. The van der Waals surface area contributed by atoms with E-state index in [1.165, 1.54) is 32.4 Å². The molecule has 1 amide bonds. The van der Waals surface area contributed by atoms with Gasteiger partial charge in [0.15, 0.2) is 11.5 Å². The normalized spacial score (nSPS) is 10.9. The van der Waals surface area contributed by atoms with Crippen LogP contribution in [0.25, 0.3) is 0 Å². The zero-order valence-electron chi connectivity index (χ0n) is 18.7. The van der Waals surface area contributed by atoms with Gasteiger partial charge in [-0.25, -0.2) is 8.42 Å². The number of carbonyl (C=O) groups excluding carboxylic acids is 1. The molecule has 0 saturated carbocycles. The molecule has 10 heteroatoms. The van der Waals surface area contributed by atoms with Crippen molar-refractivity contribution in [3.8, 4) is 17.2 Å². The largest absolute Gasteiger partial charge is 0.493 e. The van der Waals surface area contributed by atoms with Crippen LogP contribution in [0.2, 0.25) is 5.02 Å². The van der Waals surface area contributed by atoms with E-state index in [-0.39, 0.29) is 23.8 Å². The number of amides is 1. The number of sulfonamides is 1. The minimum Gasteiger partial charge on any atom is -0.493 e. The van der Waals surface area contributed by atoms with Crippen molar-refractivity contribution in [2.75, 3.05) is 38.2 Å². The Morgan fingerprint density at radius 1 is 0.941 bits per heavy atom. The molecule has 34 heavy (non-hydrogen) atoms. The van der Waals surface area contributed by atoms with Crippen molar-refractivity contribution in [3.05, 3.63) is 77.8 Å². The van der Waals surface area contributed by atoms with Crippen molar-refractivity contribution in [1.82, 2.24) is 5.32 Å². The van der Waals surface area contributed by atoms with Crippen molar-refractivity contribution in [2.45, 2.75) is 4.90 Å². The van der Waals surface area contributed by atoms with E-state index in [9.17, 15) is 13.2 Å². The molecule has 0 atom stereocenters. The molecule has 0 heterocycles. The van der Waals surface area contributed by atoms with Crippen LogP contribution in [0.1, 0.15) is 0 Å². The molecule has 0 aromatic heterocycles. The van der Waals surface area contributed by atoms with Gasteiger partial charge in [-0.3, -0.25) is 9.10 Å². The predicted octanol–water partition coefficient (Wildman–Crippen LogP) is 3.75. The minimum absolute atomic E-state index is 0.0344. The van der Waals surface area contributed by atoms with E-state index >= 15 is 0 Å². The fourth-order valence-electron chi connectivity index (χ4n) is 3.09. The van der Waals surface area contributed by atoms with Gasteiger partial charge in [0.05, 0.1) is 31.3 Å². The molecule has 0 spiro atoms. The monoisotopic (exact) mass is 504 g/mol. The molecular weight excluding hydrogens is 480 g/mol. The number of nitrogens with zero attached hydrogens (tertiary/aromatic N) is 1. The summed E-state index contributed by atoms with van der Waals surface area (Å²) in [4.78, 5) is 12.6. The summed E-state index contributed by atoms with van der Waals surface area (Å²) in [6, 6.07) is 19.5. The Balaban J connectivity index is 1.73. The Hall–Kier alpha value is -3.43. The highest BCUT2D eigenvalue weighted by molar-refractivity contribution is 7.92. The summed E-state index contributed by atoms with van der Waals surface area (Å²) < 4.78 is 44.0. The van der Waals surface area contributed by atoms with Crippen molar-refractivity contribution in [3.63, 3.8) is 0 Å². The fourth-order valence-corrected chi connectivity index (χ4v) is 4.65. The summed E-state index contributed by atoms with van der Waals surface area (Å²) in [5.41, 5.74) is 0.352. The first-order valence-corrected chi connectivity index (χ1v) is 12.1. The third-order valence-electron chi connectivity index (χ3n) is 4.78. The Labute approximate surface area is 204 Å². The van der Waals surface area contributed by atoms with Gasteiger partial charge >= 0.3 is 0 Å². The third-order valence-corrected chi connectivity index (χ3v) is 6.80. The zero-order chi connectivity index (χ0) is 24.6. The molecule has 180 valence electrons. The average molecular weight is 505 g/mol. The van der Waals surface area contributed by atoms with E-state index < -0.39 is 22.5 Å². The first kappa shape index (κ1) is 25.2. The average Bonchev–Trinajstić information content (AvgIpc) is 2.86. The van der Waals surface area contributed by atoms with Gasteiger partial charge in [-0.05, 0) is 48.5 Å². The highest BCUT2D eigenvalue weighted by Crippen LogP contribution is 2.32. The SMILES string of the molecule is COc1ccc(S(=O)(=O)N(CC(=O)NCCOc2ccc(Cl)cc2)c2ccccc2)cc1OC. The molecule has 0 saturated heterocycles. The van der Waals surface area contributed by atoms with E-state index in [1.54, 1.807) is 54.6 Å². The van der Waals surface area contributed by atoms with Crippen LogP contribution >= 0.6 is 11.6 Å². The van der Waals surface area contributed by atoms with E-state index in [4.69, 9.17) is 25.8 Å². The first-order chi connectivity index (χ1) is 16.3. The maximum Gasteiger partial charge on any atom is 0.264 e. The van der Waals surface area contributed by atoms with Crippen molar-refractivity contribution < 1.29 is 27.4 Å². The third kappa shape index (κ3) is 6.33. The second kappa shape index (κ2) is 11.6. The molecule has 8 nitrogen and oxygen atoms in total. The number of anilines is 1. The lowest BCUT2D eigenvalue weighted by Gasteiger charge is -2.24. The summed E-state index contributed by atoms with van der Waals surface area (Å²) in [5.74, 6) is 0.791. The molecule has 1 N–H and O–H groups in total. The van der Waals surface area contributed by atoms with Crippen LogP contribution in [0.15, 0.2) is 77.7 Å². The van der Waals surface area contributed by atoms with Crippen molar-refractivity contribution in [2.24, 2.45) is 0 Å². The Morgan fingerprint density at radius 2 is 1.62 bits per heavy atom. The Kier molecular flexibility index (Phi) is 8.61. The number of hydrogen-bond donors (Lipinski definition) is 1. The molecule has 0 aliphatic carbocycles. The Bertz CT molecular complexity index is 1200. The number of nitrogens with one attached hydrogen (secondary N) is 1. The lowest BCUT2D eigenvalue weighted by molar-refractivity contribution is -0.119. The van der Waals surface area contributed by atoms with Crippen LogP contribution in [-0.2, 0) is 14.8 Å². The lowest BCUT2D eigenvalue weighted by Crippen LogP contribution is -2.41. The van der Waals surface area contributed by atoms with Gasteiger partial charge in [0, 0.05) is 11.1 Å². The van der Waals surface area contributed by atoms with E-state index in [2.05, 4.69) is 5.32 Å². The van der Waals surface area contributed by atoms with E-state index in [1.807, 2.05) is 0 Å². The van der Waals surface area contributed by atoms with Gasteiger partial charge in [-0.2, -0.15) is 0 Å².